The molecule has 0 unspecified atom stereocenters. The molecule has 0 atom stereocenters. The fraction of sp³-hybridized carbons (Fsp3) is 0.222. The van der Waals surface area contributed by atoms with Crippen LogP contribution in [0.2, 0.25) is 0 Å². The third-order valence-electron chi connectivity index (χ3n) is 1.38. The quantitative estimate of drug-likeness (QED) is 0.457. The lowest BCUT2D eigenvalue weighted by atomic mass is 10.2. The molecule has 0 radical (unpaired) electrons. The van der Waals surface area contributed by atoms with Crippen LogP contribution < -0.4 is 0 Å². The number of nitrogens with zero attached hydrogens (tertiary/aromatic N) is 1. The van der Waals surface area contributed by atoms with Gasteiger partial charge in [0.05, 0.1) is 0 Å². The van der Waals surface area contributed by atoms with E-state index in [2.05, 4.69) is 16.8 Å². The van der Waals surface area contributed by atoms with Gasteiger partial charge < -0.3 is 5.11 Å². The Kier molecular flexibility index (Phi) is 2.78. The highest BCUT2D eigenvalue weighted by Gasteiger charge is 1.96. The molecule has 0 amide bonds. The van der Waals surface area contributed by atoms with Gasteiger partial charge in [0.15, 0.2) is 0 Å². The van der Waals surface area contributed by atoms with Crippen molar-refractivity contribution >= 4 is 0 Å². The molecule has 1 aromatic rings. The van der Waals surface area contributed by atoms with Gasteiger partial charge >= 0.3 is 0 Å². The van der Waals surface area contributed by atoms with Crippen LogP contribution >= 0.6 is 0 Å². The maximum Gasteiger partial charge on any atom is 0.213 e. The zero-order valence-electron chi connectivity index (χ0n) is 6.63. The minimum absolute atomic E-state index is 0.198. The second kappa shape index (κ2) is 3.84. The number of halogens is 1. The van der Waals surface area contributed by atoms with E-state index in [1.165, 1.54) is 12.3 Å². The summed E-state index contributed by atoms with van der Waals surface area (Å²) in [4.78, 5) is 3.44. The standard InChI is InChI=1S/C9H8FNO/c1-7-5-9(10)11-6-8(7)3-2-4-12/h5-6,12H,4H2,1H3. The van der Waals surface area contributed by atoms with Crippen LogP contribution in [0.3, 0.4) is 0 Å². The van der Waals surface area contributed by atoms with Crippen molar-refractivity contribution in [2.24, 2.45) is 0 Å². The number of aromatic nitrogens is 1. The molecule has 0 bridgehead atoms. The summed E-state index contributed by atoms with van der Waals surface area (Å²) in [5.41, 5.74) is 1.37. The summed E-state index contributed by atoms with van der Waals surface area (Å²) in [5.74, 6) is 4.62. The molecular formula is C9H8FNO. The van der Waals surface area contributed by atoms with E-state index in [0.29, 0.717) is 5.56 Å². The summed E-state index contributed by atoms with van der Waals surface area (Å²) in [6.45, 7) is 1.54. The molecule has 0 aliphatic rings. The molecule has 1 aromatic heterocycles. The Morgan fingerprint density at radius 1 is 1.67 bits per heavy atom. The highest BCUT2D eigenvalue weighted by molar-refractivity contribution is 5.38. The molecule has 0 fully saturated rings. The third kappa shape index (κ3) is 2.04. The number of hydrogen-bond donors (Lipinski definition) is 1. The Labute approximate surface area is 70.1 Å². The summed E-state index contributed by atoms with van der Waals surface area (Å²) in [7, 11) is 0. The highest BCUT2D eigenvalue weighted by atomic mass is 19.1. The molecule has 0 saturated carbocycles. The normalized spacial score (nSPS) is 8.92. The zero-order valence-corrected chi connectivity index (χ0v) is 6.63. The molecule has 12 heavy (non-hydrogen) atoms. The molecule has 1 N–H and O–H groups in total. The fourth-order valence-corrected chi connectivity index (χ4v) is 0.787. The van der Waals surface area contributed by atoms with Crippen LogP contribution in [0.4, 0.5) is 4.39 Å². The van der Waals surface area contributed by atoms with E-state index in [1.54, 1.807) is 6.92 Å². The second-order valence-electron chi connectivity index (χ2n) is 2.28. The lowest BCUT2D eigenvalue weighted by Crippen LogP contribution is -1.88. The van der Waals surface area contributed by atoms with Crippen LogP contribution in [0.5, 0.6) is 0 Å². The number of hydrogen-bond acceptors (Lipinski definition) is 2. The SMILES string of the molecule is Cc1cc(F)ncc1C#CCO. The van der Waals surface area contributed by atoms with Gasteiger partial charge in [-0.15, -0.1) is 0 Å². The van der Waals surface area contributed by atoms with Gasteiger partial charge in [0.1, 0.15) is 6.61 Å². The minimum Gasteiger partial charge on any atom is -0.384 e. The predicted molar refractivity (Wildman–Crippen MR) is 42.9 cm³/mol. The smallest absolute Gasteiger partial charge is 0.213 e. The number of aliphatic hydroxyl groups excluding tert-OH is 1. The predicted octanol–water partition coefficient (Wildman–Crippen LogP) is 0.873. The van der Waals surface area contributed by atoms with Gasteiger partial charge in [-0.3, -0.25) is 0 Å². The average molecular weight is 165 g/mol. The van der Waals surface area contributed by atoms with Gasteiger partial charge in [-0.1, -0.05) is 11.8 Å². The first kappa shape index (κ1) is 8.69. The molecule has 0 aromatic carbocycles. The molecule has 2 nitrogen and oxygen atoms in total. The summed E-state index contributed by atoms with van der Waals surface area (Å²) in [6.07, 6.45) is 1.35. The van der Waals surface area contributed by atoms with E-state index in [-0.39, 0.29) is 6.61 Å². The van der Waals surface area contributed by atoms with Crippen molar-refractivity contribution in [1.82, 2.24) is 4.98 Å². The Hall–Kier alpha value is -1.40. The lowest BCUT2D eigenvalue weighted by Gasteiger charge is -1.95. The van der Waals surface area contributed by atoms with Gasteiger partial charge in [0.2, 0.25) is 5.95 Å². The largest absolute Gasteiger partial charge is 0.384 e. The fourth-order valence-electron chi connectivity index (χ4n) is 0.787. The Bertz CT molecular complexity index is 338. The van der Waals surface area contributed by atoms with Gasteiger partial charge in [-0.2, -0.15) is 4.39 Å². The Balaban J connectivity index is 3.01. The Morgan fingerprint density at radius 3 is 3.00 bits per heavy atom. The van der Waals surface area contributed by atoms with Crippen molar-refractivity contribution in [3.8, 4) is 11.8 Å². The van der Waals surface area contributed by atoms with Gasteiger partial charge in [0.25, 0.3) is 0 Å². The molecule has 0 aliphatic heterocycles. The van der Waals surface area contributed by atoms with Crippen LogP contribution in [0, 0.1) is 24.7 Å². The van der Waals surface area contributed by atoms with Gasteiger partial charge in [0, 0.05) is 11.8 Å². The first-order chi connectivity index (χ1) is 5.74. The van der Waals surface area contributed by atoms with Crippen LogP contribution in [0.1, 0.15) is 11.1 Å². The minimum atomic E-state index is -0.512. The molecule has 0 saturated heterocycles. The maximum absolute atomic E-state index is 12.5. The van der Waals surface area contributed by atoms with Crippen molar-refractivity contribution < 1.29 is 9.50 Å². The summed E-state index contributed by atoms with van der Waals surface area (Å²) < 4.78 is 12.5. The molecular weight excluding hydrogens is 157 g/mol. The van der Waals surface area contributed by atoms with E-state index in [4.69, 9.17) is 5.11 Å². The summed E-state index contributed by atoms with van der Waals surface area (Å²) in [6, 6.07) is 1.31. The van der Waals surface area contributed by atoms with Crippen LogP contribution in [0.15, 0.2) is 12.3 Å². The number of pyridine rings is 1. The van der Waals surface area contributed by atoms with Crippen LogP contribution in [-0.2, 0) is 0 Å². The molecule has 1 heterocycles. The van der Waals surface area contributed by atoms with Gasteiger partial charge in [-0.25, -0.2) is 4.98 Å². The van der Waals surface area contributed by atoms with Gasteiger partial charge in [-0.05, 0) is 18.6 Å². The molecule has 0 aliphatic carbocycles. The van der Waals surface area contributed by atoms with E-state index in [1.807, 2.05) is 0 Å². The van der Waals surface area contributed by atoms with Crippen molar-refractivity contribution in [3.05, 3.63) is 29.3 Å². The Morgan fingerprint density at radius 2 is 2.42 bits per heavy atom. The molecule has 62 valence electrons. The summed E-state index contributed by atoms with van der Waals surface area (Å²) >= 11 is 0. The lowest BCUT2D eigenvalue weighted by molar-refractivity contribution is 0.350. The molecule has 0 spiro atoms. The van der Waals surface area contributed by atoms with Crippen LogP contribution in [0.25, 0.3) is 0 Å². The zero-order chi connectivity index (χ0) is 8.97. The van der Waals surface area contributed by atoms with E-state index in [0.717, 1.165) is 5.56 Å². The van der Waals surface area contributed by atoms with Crippen molar-refractivity contribution in [3.63, 3.8) is 0 Å². The van der Waals surface area contributed by atoms with E-state index in [9.17, 15) is 4.39 Å². The monoisotopic (exact) mass is 165 g/mol. The number of aryl methyl sites for hydroxylation is 1. The van der Waals surface area contributed by atoms with Crippen molar-refractivity contribution in [1.29, 1.82) is 0 Å². The van der Waals surface area contributed by atoms with Crippen LogP contribution in [-0.4, -0.2) is 16.7 Å². The van der Waals surface area contributed by atoms with E-state index >= 15 is 0 Å². The van der Waals surface area contributed by atoms with Crippen molar-refractivity contribution in [2.45, 2.75) is 6.92 Å². The second-order valence-corrected chi connectivity index (χ2v) is 2.28. The number of rotatable bonds is 0. The molecule has 3 heteroatoms. The first-order valence-electron chi connectivity index (χ1n) is 3.46. The van der Waals surface area contributed by atoms with E-state index < -0.39 is 5.95 Å². The first-order valence-corrected chi connectivity index (χ1v) is 3.46. The number of aliphatic hydroxyl groups is 1. The maximum atomic E-state index is 12.5. The van der Waals surface area contributed by atoms with Crippen molar-refractivity contribution in [2.75, 3.05) is 6.61 Å². The summed E-state index contributed by atoms with van der Waals surface area (Å²) in [5, 5.41) is 8.40. The topological polar surface area (TPSA) is 33.1 Å². The average Bonchev–Trinajstić information content (AvgIpc) is 2.03. The highest BCUT2D eigenvalue weighted by Crippen LogP contribution is 2.05. The third-order valence-corrected chi connectivity index (χ3v) is 1.38. The molecule has 1 rings (SSSR count).